The maximum Gasteiger partial charge on any atom is 0.324 e. The summed E-state index contributed by atoms with van der Waals surface area (Å²) in [6.45, 7) is 1.87. The highest BCUT2D eigenvalue weighted by molar-refractivity contribution is 7.92. The zero-order chi connectivity index (χ0) is 17.6. The molecule has 2 unspecified atom stereocenters. The molecule has 1 rings (SSSR count). The molecule has 0 fully saturated rings. The van der Waals surface area contributed by atoms with Crippen molar-refractivity contribution in [2.45, 2.75) is 29.5 Å². The SMILES string of the molecule is COC(=O)C(N)C(CCN=C(N)N)S(=O)(=O)c1ccc(C)cc1. The molecule has 6 N–H and O–H groups in total. The summed E-state index contributed by atoms with van der Waals surface area (Å²) in [5.41, 5.74) is 17.2. The molecule has 23 heavy (non-hydrogen) atoms. The van der Waals surface area contributed by atoms with Crippen molar-refractivity contribution in [2.24, 2.45) is 22.2 Å². The van der Waals surface area contributed by atoms with E-state index >= 15 is 0 Å². The maximum atomic E-state index is 12.8. The van der Waals surface area contributed by atoms with E-state index in [0.29, 0.717) is 0 Å². The molecule has 0 aliphatic carbocycles. The fourth-order valence-corrected chi connectivity index (χ4v) is 3.82. The van der Waals surface area contributed by atoms with E-state index in [1.807, 2.05) is 6.92 Å². The second-order valence-electron chi connectivity index (χ2n) is 5.04. The first-order valence-corrected chi connectivity index (χ1v) is 8.44. The molecule has 8 nitrogen and oxygen atoms in total. The van der Waals surface area contributed by atoms with Gasteiger partial charge in [0.2, 0.25) is 0 Å². The Morgan fingerprint density at radius 2 is 1.83 bits per heavy atom. The molecule has 0 amide bonds. The highest BCUT2D eigenvalue weighted by Gasteiger charge is 2.37. The number of carbonyl (C=O) groups excluding carboxylic acids is 1. The quantitative estimate of drug-likeness (QED) is 0.337. The van der Waals surface area contributed by atoms with Gasteiger partial charge in [-0.2, -0.15) is 0 Å². The molecule has 0 saturated heterocycles. The van der Waals surface area contributed by atoms with Crippen molar-refractivity contribution >= 4 is 21.8 Å². The second kappa shape index (κ2) is 7.93. The summed E-state index contributed by atoms with van der Waals surface area (Å²) >= 11 is 0. The Bertz CT molecular complexity index is 667. The first-order valence-electron chi connectivity index (χ1n) is 6.89. The highest BCUT2D eigenvalue weighted by Crippen LogP contribution is 2.21. The van der Waals surface area contributed by atoms with Crippen LogP contribution in [-0.2, 0) is 19.4 Å². The Morgan fingerprint density at radius 1 is 1.26 bits per heavy atom. The number of methoxy groups -OCH3 is 1. The molecule has 0 heterocycles. The number of ether oxygens (including phenoxy) is 1. The summed E-state index contributed by atoms with van der Waals surface area (Å²) in [6.07, 6.45) is -0.00955. The standard InChI is InChI=1S/C14H22N4O4S/c1-9-3-5-10(6-4-9)23(20,21)11(7-8-18-14(16)17)12(15)13(19)22-2/h3-6,11-12H,7-8,15H2,1-2H3,(H4,16,17,18). The fraction of sp³-hybridized carbons (Fsp3) is 0.429. The van der Waals surface area contributed by atoms with Crippen molar-refractivity contribution in [2.75, 3.05) is 13.7 Å². The first kappa shape index (κ1) is 18.9. The van der Waals surface area contributed by atoms with Gasteiger partial charge in [0.05, 0.1) is 17.3 Å². The van der Waals surface area contributed by atoms with Crippen LogP contribution >= 0.6 is 0 Å². The van der Waals surface area contributed by atoms with Crippen LogP contribution in [0, 0.1) is 6.92 Å². The van der Waals surface area contributed by atoms with Gasteiger partial charge in [0.1, 0.15) is 6.04 Å². The van der Waals surface area contributed by atoms with E-state index in [4.69, 9.17) is 17.2 Å². The maximum absolute atomic E-state index is 12.8. The van der Waals surface area contributed by atoms with E-state index in [2.05, 4.69) is 9.73 Å². The Balaban J connectivity index is 3.17. The summed E-state index contributed by atoms with van der Waals surface area (Å²) in [7, 11) is -2.70. The average molecular weight is 342 g/mol. The third-order valence-electron chi connectivity index (χ3n) is 3.33. The molecule has 0 saturated carbocycles. The highest BCUT2D eigenvalue weighted by atomic mass is 32.2. The predicted molar refractivity (Wildman–Crippen MR) is 87.4 cm³/mol. The van der Waals surface area contributed by atoms with Crippen LogP contribution in [0.1, 0.15) is 12.0 Å². The van der Waals surface area contributed by atoms with Gasteiger partial charge in [-0.1, -0.05) is 17.7 Å². The fourth-order valence-electron chi connectivity index (χ4n) is 2.04. The lowest BCUT2D eigenvalue weighted by Crippen LogP contribution is -2.47. The minimum absolute atomic E-state index is 0.00955. The van der Waals surface area contributed by atoms with Crippen molar-refractivity contribution in [3.05, 3.63) is 29.8 Å². The van der Waals surface area contributed by atoms with Crippen molar-refractivity contribution in [3.63, 3.8) is 0 Å². The zero-order valence-electron chi connectivity index (χ0n) is 13.1. The number of guanidine groups is 1. The third-order valence-corrected chi connectivity index (χ3v) is 5.59. The summed E-state index contributed by atoms with van der Waals surface area (Å²) in [5, 5.41) is -1.19. The predicted octanol–water partition coefficient (Wildman–Crippen LogP) is -0.699. The zero-order valence-corrected chi connectivity index (χ0v) is 13.9. The first-order chi connectivity index (χ1) is 10.7. The van der Waals surface area contributed by atoms with Crippen molar-refractivity contribution in [3.8, 4) is 0 Å². The van der Waals surface area contributed by atoms with Crippen molar-refractivity contribution < 1.29 is 17.9 Å². The van der Waals surface area contributed by atoms with Gasteiger partial charge in [-0.25, -0.2) is 8.42 Å². The Labute approximate surface area is 135 Å². The van der Waals surface area contributed by atoms with E-state index in [-0.39, 0.29) is 23.8 Å². The molecular formula is C14H22N4O4S. The Kier molecular flexibility index (Phi) is 6.52. The normalized spacial score (nSPS) is 13.9. The molecule has 1 aromatic rings. The molecule has 0 aliphatic rings. The van der Waals surface area contributed by atoms with Crippen LogP contribution in [0.4, 0.5) is 0 Å². The summed E-state index contributed by atoms with van der Waals surface area (Å²) < 4.78 is 30.1. The van der Waals surface area contributed by atoms with E-state index < -0.39 is 27.1 Å². The molecule has 2 atom stereocenters. The minimum atomic E-state index is -3.85. The topological polar surface area (TPSA) is 151 Å². The lowest BCUT2D eigenvalue weighted by atomic mass is 10.1. The minimum Gasteiger partial charge on any atom is -0.468 e. The van der Waals surface area contributed by atoms with Gasteiger partial charge in [-0.3, -0.25) is 9.79 Å². The lowest BCUT2D eigenvalue weighted by Gasteiger charge is -2.22. The number of benzene rings is 1. The molecular weight excluding hydrogens is 320 g/mol. The van der Waals surface area contributed by atoms with Crippen LogP contribution in [-0.4, -0.2) is 45.3 Å². The molecule has 0 aromatic heterocycles. The van der Waals surface area contributed by atoms with Gasteiger partial charge in [0, 0.05) is 6.54 Å². The van der Waals surface area contributed by atoms with Gasteiger partial charge < -0.3 is 21.9 Å². The number of rotatable bonds is 7. The number of nitrogens with two attached hydrogens (primary N) is 3. The molecule has 128 valence electrons. The number of aryl methyl sites for hydroxylation is 1. The van der Waals surface area contributed by atoms with Crippen LogP contribution < -0.4 is 17.2 Å². The van der Waals surface area contributed by atoms with Gasteiger partial charge in [-0.15, -0.1) is 0 Å². The Hall–Kier alpha value is -2.13. The number of hydrogen-bond acceptors (Lipinski definition) is 6. The average Bonchev–Trinajstić information content (AvgIpc) is 2.50. The van der Waals surface area contributed by atoms with Crippen LogP contribution in [0.15, 0.2) is 34.2 Å². The number of hydrogen-bond donors (Lipinski definition) is 3. The summed E-state index contributed by atoms with van der Waals surface area (Å²) in [6, 6.07) is 4.96. The Morgan fingerprint density at radius 3 is 2.30 bits per heavy atom. The summed E-state index contributed by atoms with van der Waals surface area (Å²) in [5.74, 6) is -0.974. The van der Waals surface area contributed by atoms with E-state index in [1.165, 1.54) is 12.1 Å². The molecule has 0 spiro atoms. The lowest BCUT2D eigenvalue weighted by molar-refractivity contribution is -0.142. The number of esters is 1. The third kappa shape index (κ3) is 4.93. The monoisotopic (exact) mass is 342 g/mol. The van der Waals surface area contributed by atoms with E-state index in [1.54, 1.807) is 12.1 Å². The van der Waals surface area contributed by atoms with E-state index in [9.17, 15) is 13.2 Å². The van der Waals surface area contributed by atoms with Gasteiger partial charge >= 0.3 is 5.97 Å². The molecule has 0 radical (unpaired) electrons. The van der Waals surface area contributed by atoms with Crippen LogP contribution in [0.3, 0.4) is 0 Å². The van der Waals surface area contributed by atoms with Crippen LogP contribution in [0.25, 0.3) is 0 Å². The second-order valence-corrected chi connectivity index (χ2v) is 7.21. The van der Waals surface area contributed by atoms with Crippen molar-refractivity contribution in [1.29, 1.82) is 0 Å². The summed E-state index contributed by atoms with van der Waals surface area (Å²) in [4.78, 5) is 15.5. The van der Waals surface area contributed by atoms with Gasteiger partial charge in [0.15, 0.2) is 15.8 Å². The van der Waals surface area contributed by atoms with Crippen LogP contribution in [0.5, 0.6) is 0 Å². The molecule has 1 aromatic carbocycles. The number of aliphatic imine (C=N–C) groups is 1. The van der Waals surface area contributed by atoms with Gasteiger partial charge in [0.25, 0.3) is 0 Å². The number of carbonyl (C=O) groups is 1. The largest absolute Gasteiger partial charge is 0.468 e. The van der Waals surface area contributed by atoms with Crippen molar-refractivity contribution in [1.82, 2.24) is 0 Å². The van der Waals surface area contributed by atoms with E-state index in [0.717, 1.165) is 12.7 Å². The smallest absolute Gasteiger partial charge is 0.324 e. The molecule has 9 heteroatoms. The van der Waals surface area contributed by atoms with Crippen LogP contribution in [0.2, 0.25) is 0 Å². The van der Waals surface area contributed by atoms with Gasteiger partial charge in [-0.05, 0) is 25.5 Å². The molecule has 0 aliphatic heterocycles. The molecule has 0 bridgehead atoms. The number of nitrogens with zero attached hydrogens (tertiary/aromatic N) is 1. The number of sulfone groups is 1.